The number of para-hydroxylation sites is 1. The van der Waals surface area contributed by atoms with Crippen molar-refractivity contribution in [1.82, 2.24) is 0 Å². The zero-order valence-electron chi connectivity index (χ0n) is 8.42. The highest BCUT2D eigenvalue weighted by atomic mass is 127. The second-order valence-corrected chi connectivity index (χ2v) is 3.20. The van der Waals surface area contributed by atoms with Gasteiger partial charge in [-0.05, 0) is 16.1 Å². The van der Waals surface area contributed by atoms with Crippen LogP contribution in [-0.4, -0.2) is 13.7 Å². The van der Waals surface area contributed by atoms with E-state index in [1.54, 1.807) is 13.2 Å². The highest BCUT2D eigenvalue weighted by Gasteiger charge is 2.07. The average molecular weight is 314 g/mol. The van der Waals surface area contributed by atoms with Gasteiger partial charge in [-0.3, -0.25) is 0 Å². The molecule has 0 aliphatic heterocycles. The van der Waals surface area contributed by atoms with E-state index >= 15 is 0 Å². The molecule has 1 aromatic carbocycles. The summed E-state index contributed by atoms with van der Waals surface area (Å²) in [6.07, 6.45) is 1.69. The normalized spacial score (nSPS) is 8.67. The first-order valence-corrected chi connectivity index (χ1v) is 5.43. The van der Waals surface area contributed by atoms with E-state index in [4.69, 9.17) is 9.47 Å². The van der Waals surface area contributed by atoms with Gasteiger partial charge in [-0.2, -0.15) is 0 Å². The molecule has 0 unspecified atom stereocenters. The topological polar surface area (TPSA) is 18.5 Å². The van der Waals surface area contributed by atoms with Crippen LogP contribution in [0.3, 0.4) is 0 Å². The van der Waals surface area contributed by atoms with Gasteiger partial charge in [0, 0.05) is 22.6 Å². The second kappa shape index (κ2) is 6.36. The number of halogens is 1. The molecule has 0 fully saturated rings. The molecule has 2 nitrogen and oxygen atoms in total. The highest BCUT2D eigenvalue weighted by Crippen LogP contribution is 2.30. The van der Waals surface area contributed by atoms with Gasteiger partial charge in [0.1, 0.15) is 6.61 Å². The number of methoxy groups -OCH3 is 1. The third kappa shape index (κ3) is 3.17. The van der Waals surface area contributed by atoms with Gasteiger partial charge in [0.05, 0.1) is 12.7 Å². The molecule has 15 heavy (non-hydrogen) atoms. The van der Waals surface area contributed by atoms with E-state index in [1.807, 2.05) is 40.8 Å². The summed E-state index contributed by atoms with van der Waals surface area (Å²) in [5, 5.41) is 0. The molecule has 0 amide bonds. The van der Waals surface area contributed by atoms with E-state index in [1.165, 1.54) is 0 Å². The maximum absolute atomic E-state index is 5.51. The fourth-order valence-corrected chi connectivity index (χ4v) is 1.41. The summed E-state index contributed by atoms with van der Waals surface area (Å²) in [5.41, 5.74) is 0.825. The van der Waals surface area contributed by atoms with Gasteiger partial charge in [-0.15, -0.1) is 0 Å². The van der Waals surface area contributed by atoms with Crippen LogP contribution in [0.25, 0.3) is 0 Å². The number of hydrogen-bond donors (Lipinski definition) is 0. The molecule has 0 aliphatic carbocycles. The summed E-state index contributed by atoms with van der Waals surface area (Å²) in [6, 6.07) is 5.62. The maximum atomic E-state index is 5.51. The van der Waals surface area contributed by atoms with Gasteiger partial charge >= 0.3 is 0 Å². The molecule has 0 saturated heterocycles. The van der Waals surface area contributed by atoms with Crippen molar-refractivity contribution < 1.29 is 9.47 Å². The quantitative estimate of drug-likeness (QED) is 0.483. The number of hydrogen-bond acceptors (Lipinski definition) is 2. The molecule has 0 aromatic heterocycles. The lowest BCUT2D eigenvalue weighted by Gasteiger charge is -2.10. The minimum absolute atomic E-state index is 0.441. The molecule has 0 heterocycles. The first-order valence-electron chi connectivity index (χ1n) is 4.35. The summed E-state index contributed by atoms with van der Waals surface area (Å²) in [5.74, 6) is 4.32. The lowest BCUT2D eigenvalue weighted by molar-refractivity contribution is 0.325. The largest absolute Gasteiger partial charge is 0.493 e. The lowest BCUT2D eigenvalue weighted by atomic mass is 10.2. The van der Waals surface area contributed by atoms with Crippen molar-refractivity contribution in [3.63, 3.8) is 0 Å². The monoisotopic (exact) mass is 314 g/mol. The lowest BCUT2D eigenvalue weighted by Crippen LogP contribution is -1.98. The summed E-state index contributed by atoms with van der Waals surface area (Å²) in [7, 11) is 1.61. The van der Waals surface area contributed by atoms with Crippen LogP contribution >= 0.6 is 22.6 Å². The molecule has 0 bridgehead atoms. The van der Waals surface area contributed by atoms with Gasteiger partial charge in [0.2, 0.25) is 0 Å². The fraction of sp³-hybridized carbons (Fsp3) is 0.167. The van der Waals surface area contributed by atoms with Gasteiger partial charge in [-0.25, -0.2) is 0 Å². The minimum atomic E-state index is 0.441. The predicted molar refractivity (Wildman–Crippen MR) is 69.6 cm³/mol. The zero-order valence-corrected chi connectivity index (χ0v) is 10.6. The Kier molecular flexibility index (Phi) is 5.05. The molecule has 0 N–H and O–H groups in total. The Morgan fingerprint density at radius 1 is 1.53 bits per heavy atom. The van der Waals surface area contributed by atoms with Gasteiger partial charge in [0.15, 0.2) is 11.5 Å². The Morgan fingerprint density at radius 2 is 2.33 bits per heavy atom. The van der Waals surface area contributed by atoms with Crippen molar-refractivity contribution in [3.05, 3.63) is 36.4 Å². The summed E-state index contributed by atoms with van der Waals surface area (Å²) in [4.78, 5) is 0. The van der Waals surface area contributed by atoms with E-state index in [-0.39, 0.29) is 0 Å². The smallest absolute Gasteiger partial charge is 0.177 e. The van der Waals surface area contributed by atoms with Crippen LogP contribution in [0.4, 0.5) is 0 Å². The Morgan fingerprint density at radius 3 is 2.93 bits per heavy atom. The van der Waals surface area contributed by atoms with Crippen LogP contribution in [0.5, 0.6) is 11.5 Å². The Balaban J connectivity index is 3.11. The molecule has 0 aliphatic rings. The summed E-state index contributed by atoms with van der Waals surface area (Å²) >= 11 is 1.99. The van der Waals surface area contributed by atoms with Crippen molar-refractivity contribution in [3.8, 4) is 21.3 Å². The molecule has 0 atom stereocenters. The molecule has 0 radical (unpaired) electrons. The fourth-order valence-electron chi connectivity index (χ4n) is 1.12. The molecular formula is C12H11IO2. The van der Waals surface area contributed by atoms with E-state index in [0.717, 1.165) is 5.56 Å². The molecule has 0 saturated carbocycles. The van der Waals surface area contributed by atoms with E-state index in [2.05, 4.69) is 16.4 Å². The first-order chi connectivity index (χ1) is 7.33. The van der Waals surface area contributed by atoms with Crippen molar-refractivity contribution in [2.45, 2.75) is 0 Å². The van der Waals surface area contributed by atoms with Crippen molar-refractivity contribution >= 4 is 22.6 Å². The van der Waals surface area contributed by atoms with Crippen LogP contribution in [0.2, 0.25) is 0 Å². The number of rotatable bonds is 4. The van der Waals surface area contributed by atoms with Gasteiger partial charge < -0.3 is 9.47 Å². The van der Waals surface area contributed by atoms with Crippen molar-refractivity contribution in [1.29, 1.82) is 0 Å². The van der Waals surface area contributed by atoms with E-state index < -0.39 is 0 Å². The van der Waals surface area contributed by atoms with Gasteiger partial charge in [0.25, 0.3) is 0 Å². The Hall–Kier alpha value is -1.15. The maximum Gasteiger partial charge on any atom is 0.177 e. The van der Waals surface area contributed by atoms with E-state index in [0.29, 0.717) is 18.1 Å². The SMILES string of the molecule is C=CCOc1c(C#CI)cccc1OC. The minimum Gasteiger partial charge on any atom is -0.493 e. The molecule has 3 heteroatoms. The van der Waals surface area contributed by atoms with Gasteiger partial charge in [-0.1, -0.05) is 24.6 Å². The summed E-state index contributed by atoms with van der Waals surface area (Å²) in [6.45, 7) is 4.04. The molecular weight excluding hydrogens is 303 g/mol. The van der Waals surface area contributed by atoms with Crippen molar-refractivity contribution in [2.24, 2.45) is 0 Å². The van der Waals surface area contributed by atoms with Crippen molar-refractivity contribution in [2.75, 3.05) is 13.7 Å². The average Bonchev–Trinajstić information content (AvgIpc) is 2.27. The Labute approximate surface area is 103 Å². The van der Waals surface area contributed by atoms with Crippen LogP contribution in [0.15, 0.2) is 30.9 Å². The standard InChI is InChI=1S/C12H11IO2/c1-3-9-15-12-10(7-8-13)5-4-6-11(12)14-2/h3-6H,1,9H2,2H3. The molecule has 1 aromatic rings. The van der Waals surface area contributed by atoms with E-state index in [9.17, 15) is 0 Å². The molecule has 1 rings (SSSR count). The molecule has 0 spiro atoms. The summed E-state index contributed by atoms with van der Waals surface area (Å²) < 4.78 is 13.5. The van der Waals surface area contributed by atoms with Crippen LogP contribution in [0, 0.1) is 9.85 Å². The molecule has 78 valence electrons. The third-order valence-corrected chi connectivity index (χ3v) is 2.00. The number of benzene rings is 1. The van der Waals surface area contributed by atoms with Crippen LogP contribution in [0.1, 0.15) is 5.56 Å². The highest BCUT2D eigenvalue weighted by molar-refractivity contribution is 14.1. The predicted octanol–water partition coefficient (Wildman–Crippen LogP) is 3.00. The third-order valence-electron chi connectivity index (χ3n) is 1.73. The number of ether oxygens (including phenoxy) is 2. The zero-order chi connectivity index (χ0) is 11.1. The van der Waals surface area contributed by atoms with Crippen LogP contribution in [-0.2, 0) is 0 Å². The Bertz CT molecular complexity index is 402. The van der Waals surface area contributed by atoms with Crippen LogP contribution < -0.4 is 9.47 Å². The second-order valence-electron chi connectivity index (χ2n) is 2.66. The first kappa shape index (κ1) is 11.9.